The van der Waals surface area contributed by atoms with E-state index in [0.29, 0.717) is 32.6 Å². The van der Waals surface area contributed by atoms with Crippen molar-refractivity contribution in [2.24, 2.45) is 5.73 Å². The zero-order chi connectivity index (χ0) is 12.9. The highest BCUT2D eigenvalue weighted by molar-refractivity contribution is 8.00. The summed E-state index contributed by atoms with van der Waals surface area (Å²) in [4.78, 5) is 11.9. The molecule has 0 spiro atoms. The third-order valence-corrected chi connectivity index (χ3v) is 4.03. The molecule has 1 aliphatic heterocycles. The lowest BCUT2D eigenvalue weighted by atomic mass is 9.90. The molecule has 17 heavy (non-hydrogen) atoms. The van der Waals surface area contributed by atoms with Crippen LogP contribution in [0.1, 0.15) is 33.6 Å². The van der Waals surface area contributed by atoms with E-state index in [9.17, 15) is 4.79 Å². The Bertz CT molecular complexity index is 258. The Labute approximate surface area is 108 Å². The average molecular weight is 260 g/mol. The summed E-state index contributed by atoms with van der Waals surface area (Å²) in [5.74, 6) is 0.886. The molecular formula is C12H24N2O2S. The zero-order valence-electron chi connectivity index (χ0n) is 11.0. The number of amides is 1. The molecule has 1 amide bonds. The molecule has 1 rings (SSSR count). The molecule has 0 bridgehead atoms. The van der Waals surface area contributed by atoms with E-state index in [1.54, 1.807) is 0 Å². The van der Waals surface area contributed by atoms with Gasteiger partial charge in [-0.3, -0.25) is 4.79 Å². The Morgan fingerprint density at radius 3 is 2.53 bits per heavy atom. The van der Waals surface area contributed by atoms with Gasteiger partial charge in [-0.15, -0.1) is 0 Å². The number of hydrogen-bond acceptors (Lipinski definition) is 4. The zero-order valence-corrected chi connectivity index (χ0v) is 11.9. The number of thioether (sulfide) groups is 1. The van der Waals surface area contributed by atoms with Gasteiger partial charge in [0.15, 0.2) is 0 Å². The van der Waals surface area contributed by atoms with Crippen LogP contribution in [-0.2, 0) is 9.53 Å². The average Bonchev–Trinajstić information content (AvgIpc) is 2.24. The van der Waals surface area contributed by atoms with Gasteiger partial charge < -0.3 is 15.8 Å². The first-order valence-corrected chi connectivity index (χ1v) is 7.11. The van der Waals surface area contributed by atoms with Crippen molar-refractivity contribution >= 4 is 17.7 Å². The van der Waals surface area contributed by atoms with E-state index in [4.69, 9.17) is 10.5 Å². The first kappa shape index (κ1) is 14.8. The van der Waals surface area contributed by atoms with Crippen molar-refractivity contribution in [1.82, 2.24) is 5.32 Å². The smallest absolute Gasteiger partial charge is 0.240 e. The van der Waals surface area contributed by atoms with Crippen LogP contribution in [0.15, 0.2) is 0 Å². The van der Waals surface area contributed by atoms with Crippen molar-refractivity contribution in [3.8, 4) is 0 Å². The fourth-order valence-electron chi connectivity index (χ4n) is 1.66. The van der Waals surface area contributed by atoms with Crippen molar-refractivity contribution in [2.75, 3.05) is 25.5 Å². The topological polar surface area (TPSA) is 64.4 Å². The van der Waals surface area contributed by atoms with Gasteiger partial charge in [0.1, 0.15) is 0 Å². The van der Waals surface area contributed by atoms with Crippen molar-refractivity contribution in [3.63, 3.8) is 0 Å². The number of ether oxygens (including phenoxy) is 1. The molecule has 0 atom stereocenters. The van der Waals surface area contributed by atoms with Crippen LogP contribution in [0.2, 0.25) is 0 Å². The van der Waals surface area contributed by atoms with Gasteiger partial charge in [-0.1, -0.05) is 20.8 Å². The molecule has 1 aliphatic rings. The second-order valence-corrected chi connectivity index (χ2v) is 7.41. The standard InChI is InChI=1S/C12H24N2O2S/c1-11(2,3)17-9-6-14-10(15)12(13)4-7-16-8-5-12/h4-9,13H2,1-3H3,(H,14,15). The lowest BCUT2D eigenvalue weighted by molar-refractivity contribution is -0.129. The quantitative estimate of drug-likeness (QED) is 0.744. The molecule has 0 radical (unpaired) electrons. The maximum atomic E-state index is 11.9. The highest BCUT2D eigenvalue weighted by Gasteiger charge is 2.35. The van der Waals surface area contributed by atoms with Crippen LogP contribution in [0, 0.1) is 0 Å². The first-order chi connectivity index (χ1) is 7.83. The molecule has 0 saturated carbocycles. The van der Waals surface area contributed by atoms with E-state index >= 15 is 0 Å². The van der Waals surface area contributed by atoms with E-state index in [1.165, 1.54) is 0 Å². The van der Waals surface area contributed by atoms with Crippen molar-refractivity contribution < 1.29 is 9.53 Å². The van der Waals surface area contributed by atoms with Crippen molar-refractivity contribution in [3.05, 3.63) is 0 Å². The van der Waals surface area contributed by atoms with Crippen LogP contribution >= 0.6 is 11.8 Å². The first-order valence-electron chi connectivity index (χ1n) is 6.12. The Balaban J connectivity index is 2.24. The predicted octanol–water partition coefficient (Wildman–Crippen LogP) is 1.14. The molecule has 100 valence electrons. The van der Waals surface area contributed by atoms with Crippen LogP contribution < -0.4 is 11.1 Å². The van der Waals surface area contributed by atoms with E-state index in [-0.39, 0.29) is 10.7 Å². The molecule has 1 heterocycles. The molecule has 0 aromatic heterocycles. The molecule has 1 saturated heterocycles. The highest BCUT2D eigenvalue weighted by Crippen LogP contribution is 2.22. The summed E-state index contributed by atoms with van der Waals surface area (Å²) in [6.07, 6.45) is 1.23. The second kappa shape index (κ2) is 6.07. The van der Waals surface area contributed by atoms with E-state index in [0.717, 1.165) is 5.75 Å². The normalized spacial score (nSPS) is 20.0. The molecule has 0 aromatic carbocycles. The highest BCUT2D eigenvalue weighted by atomic mass is 32.2. The number of carbonyl (C=O) groups is 1. The van der Waals surface area contributed by atoms with Crippen LogP contribution in [0.25, 0.3) is 0 Å². The third-order valence-electron chi connectivity index (χ3n) is 2.76. The number of nitrogens with one attached hydrogen (secondary N) is 1. The van der Waals surface area contributed by atoms with Crippen molar-refractivity contribution in [1.29, 1.82) is 0 Å². The van der Waals surface area contributed by atoms with Gasteiger partial charge in [-0.2, -0.15) is 11.8 Å². The number of carbonyl (C=O) groups excluding carboxylic acids is 1. The summed E-state index contributed by atoms with van der Waals surface area (Å²) in [7, 11) is 0. The Kier molecular flexibility index (Phi) is 5.28. The molecule has 5 heteroatoms. The Hall–Kier alpha value is -0.260. The van der Waals surface area contributed by atoms with E-state index in [2.05, 4.69) is 26.1 Å². The number of hydrogen-bond donors (Lipinski definition) is 2. The summed E-state index contributed by atoms with van der Waals surface area (Å²) < 4.78 is 5.46. The molecule has 0 aliphatic carbocycles. The Morgan fingerprint density at radius 1 is 1.41 bits per heavy atom. The minimum atomic E-state index is -0.718. The van der Waals surface area contributed by atoms with Gasteiger partial charge in [0, 0.05) is 30.3 Å². The molecule has 4 nitrogen and oxygen atoms in total. The summed E-state index contributed by atoms with van der Waals surface area (Å²) in [6.45, 7) is 8.36. The van der Waals surface area contributed by atoms with Gasteiger partial charge in [0.2, 0.25) is 5.91 Å². The van der Waals surface area contributed by atoms with Crippen molar-refractivity contribution in [2.45, 2.75) is 43.9 Å². The van der Waals surface area contributed by atoms with Gasteiger partial charge in [-0.05, 0) is 12.8 Å². The SMILES string of the molecule is CC(C)(C)SCCNC(=O)C1(N)CCOCC1. The number of rotatable bonds is 4. The molecule has 0 unspecified atom stereocenters. The van der Waals surface area contributed by atoms with E-state index < -0.39 is 5.54 Å². The fourth-order valence-corrected chi connectivity index (χ4v) is 2.48. The van der Waals surface area contributed by atoms with Gasteiger partial charge >= 0.3 is 0 Å². The Morgan fingerprint density at radius 2 is 2.00 bits per heavy atom. The second-order valence-electron chi connectivity index (χ2n) is 5.49. The maximum absolute atomic E-state index is 11.9. The molecule has 1 fully saturated rings. The predicted molar refractivity (Wildman–Crippen MR) is 72.2 cm³/mol. The summed E-state index contributed by atoms with van der Waals surface area (Å²) in [5, 5.41) is 2.93. The minimum Gasteiger partial charge on any atom is -0.381 e. The maximum Gasteiger partial charge on any atom is 0.240 e. The lowest BCUT2D eigenvalue weighted by Gasteiger charge is -2.31. The lowest BCUT2D eigenvalue weighted by Crippen LogP contribution is -2.57. The van der Waals surface area contributed by atoms with Gasteiger partial charge in [0.05, 0.1) is 5.54 Å². The van der Waals surface area contributed by atoms with Gasteiger partial charge in [-0.25, -0.2) is 0 Å². The minimum absolute atomic E-state index is 0.0321. The molecule has 0 aromatic rings. The van der Waals surface area contributed by atoms with Crippen LogP contribution in [0.4, 0.5) is 0 Å². The third kappa shape index (κ3) is 5.27. The van der Waals surface area contributed by atoms with E-state index in [1.807, 2.05) is 11.8 Å². The van der Waals surface area contributed by atoms with Crippen LogP contribution in [-0.4, -0.2) is 41.7 Å². The summed E-state index contributed by atoms with van der Waals surface area (Å²) in [5.41, 5.74) is 5.35. The monoisotopic (exact) mass is 260 g/mol. The summed E-state index contributed by atoms with van der Waals surface area (Å²) >= 11 is 1.84. The summed E-state index contributed by atoms with van der Waals surface area (Å²) in [6, 6.07) is 0. The molecule has 3 N–H and O–H groups in total. The largest absolute Gasteiger partial charge is 0.381 e. The van der Waals surface area contributed by atoms with Crippen LogP contribution in [0.3, 0.4) is 0 Å². The fraction of sp³-hybridized carbons (Fsp3) is 0.917. The van der Waals surface area contributed by atoms with Crippen LogP contribution in [0.5, 0.6) is 0 Å². The van der Waals surface area contributed by atoms with Gasteiger partial charge in [0.25, 0.3) is 0 Å². The number of nitrogens with two attached hydrogens (primary N) is 1. The molecular weight excluding hydrogens is 236 g/mol.